The van der Waals surface area contributed by atoms with Crippen molar-refractivity contribution in [3.8, 4) is 11.4 Å². The minimum atomic E-state index is 0.858. The molecule has 0 aliphatic rings. The Labute approximate surface area is 151 Å². The SMILES string of the molecule is Cc1n(-c2ccccc2)c2nc3ccccc3nc2[n+]1-c1ccccc1. The van der Waals surface area contributed by atoms with Gasteiger partial charge in [-0.05, 0) is 36.4 Å². The molecule has 124 valence electrons. The normalized spacial score (nSPS) is 11.3. The maximum atomic E-state index is 4.94. The third-order valence-electron chi connectivity index (χ3n) is 4.63. The van der Waals surface area contributed by atoms with Crippen molar-refractivity contribution in [3.05, 3.63) is 90.8 Å². The van der Waals surface area contributed by atoms with Crippen molar-refractivity contribution in [2.75, 3.05) is 0 Å². The Bertz CT molecular complexity index is 1130. The van der Waals surface area contributed by atoms with E-state index in [1.807, 2.05) is 60.7 Å². The second-order valence-corrected chi connectivity index (χ2v) is 6.25. The van der Waals surface area contributed by atoms with Crippen LogP contribution < -0.4 is 4.57 Å². The van der Waals surface area contributed by atoms with E-state index in [1.54, 1.807) is 0 Å². The van der Waals surface area contributed by atoms with E-state index in [2.05, 4.69) is 40.3 Å². The highest BCUT2D eigenvalue weighted by Gasteiger charge is 2.26. The number of fused-ring (bicyclic) bond motifs is 2. The zero-order chi connectivity index (χ0) is 17.5. The van der Waals surface area contributed by atoms with Crippen molar-refractivity contribution in [2.24, 2.45) is 0 Å². The first-order valence-electron chi connectivity index (χ1n) is 8.63. The van der Waals surface area contributed by atoms with Crippen molar-refractivity contribution in [1.82, 2.24) is 14.5 Å². The molecule has 0 saturated carbocycles. The molecule has 0 atom stereocenters. The van der Waals surface area contributed by atoms with E-state index >= 15 is 0 Å². The highest BCUT2D eigenvalue weighted by Crippen LogP contribution is 2.21. The van der Waals surface area contributed by atoms with Crippen LogP contribution in [0.25, 0.3) is 33.7 Å². The minimum Gasteiger partial charge on any atom is -0.207 e. The minimum absolute atomic E-state index is 0.858. The van der Waals surface area contributed by atoms with E-state index in [9.17, 15) is 0 Å². The number of benzene rings is 3. The van der Waals surface area contributed by atoms with Gasteiger partial charge in [0.25, 0.3) is 5.65 Å². The molecule has 0 N–H and O–H groups in total. The number of imidazole rings is 1. The predicted molar refractivity (Wildman–Crippen MR) is 103 cm³/mol. The maximum Gasteiger partial charge on any atom is 0.328 e. The van der Waals surface area contributed by atoms with E-state index in [4.69, 9.17) is 9.97 Å². The molecular weight excluding hydrogens is 320 g/mol. The predicted octanol–water partition coefficient (Wildman–Crippen LogP) is 4.16. The zero-order valence-electron chi connectivity index (χ0n) is 14.4. The summed E-state index contributed by atoms with van der Waals surface area (Å²) in [6.07, 6.45) is 0. The molecule has 0 unspecified atom stereocenters. The van der Waals surface area contributed by atoms with Gasteiger partial charge in [0.05, 0.1) is 0 Å². The van der Waals surface area contributed by atoms with Crippen molar-refractivity contribution >= 4 is 22.3 Å². The number of rotatable bonds is 2. The molecule has 0 aliphatic heterocycles. The summed E-state index contributed by atoms with van der Waals surface area (Å²) < 4.78 is 4.34. The number of nitrogens with zero attached hydrogens (tertiary/aromatic N) is 4. The molecule has 3 aromatic carbocycles. The largest absolute Gasteiger partial charge is 0.328 e. The lowest BCUT2D eigenvalue weighted by Crippen LogP contribution is -2.34. The van der Waals surface area contributed by atoms with E-state index < -0.39 is 0 Å². The van der Waals surface area contributed by atoms with Crippen LogP contribution in [0.1, 0.15) is 5.82 Å². The second kappa shape index (κ2) is 5.77. The molecule has 2 aromatic heterocycles. The van der Waals surface area contributed by atoms with Gasteiger partial charge in [0, 0.05) is 6.92 Å². The van der Waals surface area contributed by atoms with Crippen molar-refractivity contribution < 1.29 is 4.57 Å². The fraction of sp³-hybridized carbons (Fsp3) is 0.0455. The topological polar surface area (TPSA) is 34.6 Å². The van der Waals surface area contributed by atoms with Gasteiger partial charge in [-0.3, -0.25) is 0 Å². The Morgan fingerprint density at radius 3 is 1.96 bits per heavy atom. The van der Waals surface area contributed by atoms with Crippen LogP contribution in [0.4, 0.5) is 0 Å². The fourth-order valence-corrected chi connectivity index (χ4v) is 3.46. The Kier molecular flexibility index (Phi) is 3.28. The summed E-state index contributed by atoms with van der Waals surface area (Å²) in [6, 6.07) is 28.6. The average molecular weight is 337 g/mol. The fourth-order valence-electron chi connectivity index (χ4n) is 3.46. The monoisotopic (exact) mass is 337 g/mol. The molecule has 0 spiro atoms. The van der Waals surface area contributed by atoms with E-state index in [-0.39, 0.29) is 0 Å². The Morgan fingerprint density at radius 2 is 1.27 bits per heavy atom. The van der Waals surface area contributed by atoms with Crippen LogP contribution in [-0.2, 0) is 0 Å². The van der Waals surface area contributed by atoms with Crippen LogP contribution in [-0.4, -0.2) is 14.5 Å². The number of hydrogen-bond acceptors (Lipinski definition) is 2. The molecule has 26 heavy (non-hydrogen) atoms. The molecule has 5 rings (SSSR count). The van der Waals surface area contributed by atoms with Crippen LogP contribution in [0.15, 0.2) is 84.9 Å². The number of para-hydroxylation sites is 4. The molecule has 0 amide bonds. The number of hydrogen-bond donors (Lipinski definition) is 0. The van der Waals surface area contributed by atoms with Crippen LogP contribution in [0.2, 0.25) is 0 Å². The van der Waals surface area contributed by atoms with Gasteiger partial charge in [-0.2, -0.15) is 4.57 Å². The van der Waals surface area contributed by atoms with Gasteiger partial charge >= 0.3 is 5.65 Å². The molecule has 0 aliphatic carbocycles. The lowest BCUT2D eigenvalue weighted by Gasteiger charge is -2.02. The van der Waals surface area contributed by atoms with Gasteiger partial charge in [-0.15, -0.1) is 0 Å². The Hall–Kier alpha value is -3.53. The van der Waals surface area contributed by atoms with Crippen molar-refractivity contribution in [1.29, 1.82) is 0 Å². The summed E-state index contributed by atoms with van der Waals surface area (Å²) >= 11 is 0. The molecule has 0 radical (unpaired) electrons. The highest BCUT2D eigenvalue weighted by molar-refractivity contribution is 5.82. The standard InChI is InChI=1S/C22H17N4/c1-16-25(17-10-4-2-5-11-17)21-22(26(16)18-12-6-3-7-13-18)24-20-15-9-8-14-19(20)23-21/h2-15H,1H3/q+1. The van der Waals surface area contributed by atoms with Gasteiger partial charge in [0.2, 0.25) is 5.82 Å². The lowest BCUT2D eigenvalue weighted by atomic mass is 10.3. The molecule has 5 aromatic rings. The van der Waals surface area contributed by atoms with E-state index in [0.717, 1.165) is 39.5 Å². The van der Waals surface area contributed by atoms with Crippen LogP contribution in [0.3, 0.4) is 0 Å². The van der Waals surface area contributed by atoms with E-state index in [1.165, 1.54) is 0 Å². The molecule has 0 bridgehead atoms. The molecule has 4 heteroatoms. The van der Waals surface area contributed by atoms with Crippen LogP contribution in [0, 0.1) is 6.92 Å². The van der Waals surface area contributed by atoms with Gasteiger partial charge in [0.15, 0.2) is 5.52 Å². The summed E-state index contributed by atoms with van der Waals surface area (Å²) in [5, 5.41) is 0. The van der Waals surface area contributed by atoms with Gasteiger partial charge < -0.3 is 0 Å². The molecule has 2 heterocycles. The second-order valence-electron chi connectivity index (χ2n) is 6.25. The first kappa shape index (κ1) is 14.8. The zero-order valence-corrected chi connectivity index (χ0v) is 14.4. The smallest absolute Gasteiger partial charge is 0.207 e. The van der Waals surface area contributed by atoms with Gasteiger partial charge in [0.1, 0.15) is 16.9 Å². The highest BCUT2D eigenvalue weighted by atomic mass is 15.2. The summed E-state index contributed by atoms with van der Waals surface area (Å²) in [6.45, 7) is 2.11. The molecule has 0 saturated heterocycles. The van der Waals surface area contributed by atoms with E-state index in [0.29, 0.717) is 0 Å². The maximum absolute atomic E-state index is 4.94. The van der Waals surface area contributed by atoms with Crippen molar-refractivity contribution in [2.45, 2.75) is 6.92 Å². The third kappa shape index (κ3) is 2.19. The van der Waals surface area contributed by atoms with Gasteiger partial charge in [-0.25, -0.2) is 9.55 Å². The first-order valence-corrected chi connectivity index (χ1v) is 8.63. The van der Waals surface area contributed by atoms with Crippen LogP contribution in [0.5, 0.6) is 0 Å². The average Bonchev–Trinajstić information content (AvgIpc) is 2.98. The lowest BCUT2D eigenvalue weighted by molar-refractivity contribution is -0.577. The summed E-state index contributed by atoms with van der Waals surface area (Å²) in [4.78, 5) is 9.88. The summed E-state index contributed by atoms with van der Waals surface area (Å²) in [7, 11) is 0. The molecular formula is C22H17N4+. The van der Waals surface area contributed by atoms with Gasteiger partial charge in [-0.1, -0.05) is 53.5 Å². The molecule has 4 nitrogen and oxygen atoms in total. The Balaban J connectivity index is 1.95. The van der Waals surface area contributed by atoms with Crippen LogP contribution >= 0.6 is 0 Å². The van der Waals surface area contributed by atoms with Crippen molar-refractivity contribution in [3.63, 3.8) is 0 Å². The molecule has 0 fully saturated rings. The Morgan fingerprint density at radius 1 is 0.692 bits per heavy atom. The third-order valence-corrected chi connectivity index (χ3v) is 4.63. The quantitative estimate of drug-likeness (QED) is 0.453. The first-order chi connectivity index (χ1) is 12.8. The number of aromatic nitrogens is 4. The summed E-state index contributed by atoms with van der Waals surface area (Å²) in [5.74, 6) is 1.06. The summed E-state index contributed by atoms with van der Waals surface area (Å²) in [5.41, 5.74) is 5.67.